The van der Waals surface area contributed by atoms with E-state index in [1.165, 1.54) is 93.2 Å². The molecule has 11 aromatic rings. The molecule has 2 aromatic heterocycles. The highest BCUT2D eigenvalue weighted by Crippen LogP contribution is 2.64. The van der Waals surface area contributed by atoms with Crippen LogP contribution in [-0.2, 0) is 5.41 Å². The number of para-hydroxylation sites is 1. The molecule has 56 heavy (non-hydrogen) atoms. The standard InChI is InChI=1S/C54H31NO/c1-2-15-34-32(13-1)14-11-22-35(34)44-31-46-37-17-4-3-16-36(37)43(30-45(46)39-19-6-5-18-38(39)44)33-26-27-40-49(29-33)54(48-24-12-28-55-52(40)48)47-23-9-7-20-41(47)53-51(54)42-21-8-10-25-50(42)56-53/h1-31H. The Morgan fingerprint density at radius 2 is 1.00 bits per heavy atom. The van der Waals surface area contributed by atoms with Gasteiger partial charge >= 0.3 is 0 Å². The van der Waals surface area contributed by atoms with Crippen LogP contribution in [0.3, 0.4) is 0 Å². The van der Waals surface area contributed by atoms with E-state index in [1.54, 1.807) is 0 Å². The van der Waals surface area contributed by atoms with Gasteiger partial charge in [-0.25, -0.2) is 0 Å². The van der Waals surface area contributed by atoms with Crippen molar-refractivity contribution in [3.05, 3.63) is 210 Å². The number of aromatic nitrogens is 1. The lowest BCUT2D eigenvalue weighted by Gasteiger charge is -2.30. The topological polar surface area (TPSA) is 26.0 Å². The lowest BCUT2D eigenvalue weighted by molar-refractivity contribution is 0.628. The van der Waals surface area contributed by atoms with E-state index in [0.717, 1.165) is 28.0 Å². The summed E-state index contributed by atoms with van der Waals surface area (Å²) in [6.07, 6.45) is 1.93. The van der Waals surface area contributed by atoms with Crippen molar-refractivity contribution in [2.45, 2.75) is 5.41 Å². The zero-order chi connectivity index (χ0) is 36.5. The van der Waals surface area contributed by atoms with Crippen molar-refractivity contribution in [1.29, 1.82) is 0 Å². The van der Waals surface area contributed by atoms with Gasteiger partial charge in [0.15, 0.2) is 0 Å². The molecule has 2 heterocycles. The van der Waals surface area contributed by atoms with Gasteiger partial charge in [-0.15, -0.1) is 0 Å². The number of nitrogens with zero attached hydrogens (tertiary/aromatic N) is 1. The van der Waals surface area contributed by atoms with Gasteiger partial charge in [-0.3, -0.25) is 4.98 Å². The first-order chi connectivity index (χ1) is 27.8. The van der Waals surface area contributed by atoms with Crippen LogP contribution < -0.4 is 0 Å². The van der Waals surface area contributed by atoms with Crippen molar-refractivity contribution < 1.29 is 4.42 Å². The normalized spacial score (nSPS) is 15.2. The third kappa shape index (κ3) is 3.73. The fraction of sp³-hybridized carbons (Fsp3) is 0.0185. The molecule has 0 saturated carbocycles. The molecule has 1 atom stereocenters. The minimum absolute atomic E-state index is 0.569. The summed E-state index contributed by atoms with van der Waals surface area (Å²) in [5.41, 5.74) is 13.6. The van der Waals surface area contributed by atoms with Crippen molar-refractivity contribution in [3.8, 4) is 44.8 Å². The Morgan fingerprint density at radius 3 is 1.84 bits per heavy atom. The Hall–Kier alpha value is -7.29. The number of fused-ring (bicyclic) bond motifs is 18. The van der Waals surface area contributed by atoms with E-state index in [-0.39, 0.29) is 0 Å². The van der Waals surface area contributed by atoms with Crippen LogP contribution >= 0.6 is 0 Å². The molecule has 13 rings (SSSR count). The largest absolute Gasteiger partial charge is 0.456 e. The van der Waals surface area contributed by atoms with E-state index in [4.69, 9.17) is 9.40 Å². The lowest BCUT2D eigenvalue weighted by Crippen LogP contribution is -2.26. The third-order valence-corrected chi connectivity index (χ3v) is 12.7. The Labute approximate surface area is 322 Å². The summed E-state index contributed by atoms with van der Waals surface area (Å²) < 4.78 is 6.76. The summed E-state index contributed by atoms with van der Waals surface area (Å²) in [7, 11) is 0. The van der Waals surface area contributed by atoms with E-state index in [0.29, 0.717) is 0 Å². The Morgan fingerprint density at radius 1 is 0.375 bits per heavy atom. The van der Waals surface area contributed by atoms with E-state index >= 15 is 0 Å². The summed E-state index contributed by atoms with van der Waals surface area (Å²) in [6.45, 7) is 0. The monoisotopic (exact) mass is 709 g/mol. The first kappa shape index (κ1) is 30.1. The molecule has 258 valence electrons. The minimum atomic E-state index is -0.569. The van der Waals surface area contributed by atoms with Crippen LogP contribution in [0.5, 0.6) is 0 Å². The van der Waals surface area contributed by atoms with E-state index in [9.17, 15) is 0 Å². The molecule has 0 radical (unpaired) electrons. The number of hydrogen-bond donors (Lipinski definition) is 0. The summed E-state index contributed by atoms with van der Waals surface area (Å²) in [6, 6.07) is 66.9. The van der Waals surface area contributed by atoms with Gasteiger partial charge in [-0.2, -0.15) is 0 Å². The van der Waals surface area contributed by atoms with Crippen LogP contribution in [0.2, 0.25) is 0 Å². The molecule has 2 nitrogen and oxygen atoms in total. The van der Waals surface area contributed by atoms with Crippen LogP contribution in [0, 0.1) is 0 Å². The average molecular weight is 710 g/mol. The zero-order valence-electron chi connectivity index (χ0n) is 30.3. The predicted molar refractivity (Wildman–Crippen MR) is 231 cm³/mol. The van der Waals surface area contributed by atoms with Crippen molar-refractivity contribution in [3.63, 3.8) is 0 Å². The summed E-state index contributed by atoms with van der Waals surface area (Å²) in [4.78, 5) is 5.08. The number of rotatable bonds is 2. The van der Waals surface area contributed by atoms with Crippen LogP contribution in [0.25, 0.3) is 98.9 Å². The quantitative estimate of drug-likeness (QED) is 0.167. The Balaban J connectivity index is 1.12. The van der Waals surface area contributed by atoms with E-state index in [2.05, 4.69) is 182 Å². The van der Waals surface area contributed by atoms with Gasteiger partial charge in [0, 0.05) is 28.3 Å². The van der Waals surface area contributed by atoms with Crippen LogP contribution in [0.15, 0.2) is 193 Å². The molecule has 2 heteroatoms. The number of benzene rings is 9. The highest BCUT2D eigenvalue weighted by atomic mass is 16.3. The van der Waals surface area contributed by atoms with Gasteiger partial charge in [0.05, 0.1) is 11.1 Å². The molecule has 0 bridgehead atoms. The third-order valence-electron chi connectivity index (χ3n) is 12.7. The molecule has 0 aliphatic heterocycles. The number of hydrogen-bond acceptors (Lipinski definition) is 2. The van der Waals surface area contributed by atoms with Crippen LogP contribution in [-0.4, -0.2) is 4.98 Å². The Bertz CT molecular complexity index is 3490. The van der Waals surface area contributed by atoms with Crippen molar-refractivity contribution in [1.82, 2.24) is 4.98 Å². The SMILES string of the molecule is c1ccc2c(c1)-c1oc3ccccc3c1C21c2cc(-c3cc4c5ccccc5c(-c5cccc6ccccc56)cc4c4ccccc34)ccc2-c2ncccc21. The lowest BCUT2D eigenvalue weighted by atomic mass is 9.70. The zero-order valence-corrected chi connectivity index (χ0v) is 30.3. The second-order valence-corrected chi connectivity index (χ2v) is 15.3. The second-order valence-electron chi connectivity index (χ2n) is 15.3. The number of furan rings is 1. The maximum absolute atomic E-state index is 6.76. The second kappa shape index (κ2) is 10.9. The predicted octanol–water partition coefficient (Wildman–Crippen LogP) is 14.1. The first-order valence-corrected chi connectivity index (χ1v) is 19.4. The molecule has 0 saturated heterocycles. The van der Waals surface area contributed by atoms with Crippen molar-refractivity contribution in [2.75, 3.05) is 0 Å². The fourth-order valence-corrected chi connectivity index (χ4v) is 10.5. The maximum atomic E-state index is 6.76. The molecule has 9 aromatic carbocycles. The van der Waals surface area contributed by atoms with Gasteiger partial charge in [0.25, 0.3) is 0 Å². The molecule has 1 unspecified atom stereocenters. The summed E-state index contributed by atoms with van der Waals surface area (Å²) in [5, 5.41) is 11.2. The molecule has 0 fully saturated rings. The number of pyridine rings is 1. The summed E-state index contributed by atoms with van der Waals surface area (Å²) >= 11 is 0. The van der Waals surface area contributed by atoms with Crippen LogP contribution in [0.4, 0.5) is 0 Å². The average Bonchev–Trinajstić information content (AvgIpc) is 3.89. The smallest absolute Gasteiger partial charge is 0.140 e. The minimum Gasteiger partial charge on any atom is -0.456 e. The Kier molecular flexibility index (Phi) is 5.86. The molecule has 0 N–H and O–H groups in total. The van der Waals surface area contributed by atoms with E-state index in [1.807, 2.05) is 6.20 Å². The van der Waals surface area contributed by atoms with Crippen molar-refractivity contribution >= 4 is 54.1 Å². The summed E-state index contributed by atoms with van der Waals surface area (Å²) in [5.74, 6) is 0.958. The molecule has 1 spiro atoms. The maximum Gasteiger partial charge on any atom is 0.140 e. The first-order valence-electron chi connectivity index (χ1n) is 19.4. The van der Waals surface area contributed by atoms with Crippen molar-refractivity contribution in [2.24, 2.45) is 0 Å². The van der Waals surface area contributed by atoms with Gasteiger partial charge in [0.1, 0.15) is 11.3 Å². The molecular formula is C54H31NO. The highest BCUT2D eigenvalue weighted by molar-refractivity contribution is 6.24. The molecular weight excluding hydrogens is 679 g/mol. The molecule has 2 aliphatic carbocycles. The van der Waals surface area contributed by atoms with E-state index < -0.39 is 5.41 Å². The fourth-order valence-electron chi connectivity index (χ4n) is 10.5. The van der Waals surface area contributed by atoms with Crippen LogP contribution in [0.1, 0.15) is 22.3 Å². The van der Waals surface area contributed by atoms with Gasteiger partial charge in [-0.1, -0.05) is 152 Å². The van der Waals surface area contributed by atoms with Gasteiger partial charge in [0.2, 0.25) is 0 Å². The molecule has 2 aliphatic rings. The van der Waals surface area contributed by atoms with Gasteiger partial charge < -0.3 is 4.42 Å². The highest BCUT2D eigenvalue weighted by Gasteiger charge is 2.55. The van der Waals surface area contributed by atoms with Gasteiger partial charge in [-0.05, 0) is 112 Å². The molecule has 0 amide bonds.